The van der Waals surface area contributed by atoms with Gasteiger partial charge in [-0.3, -0.25) is 4.79 Å². The summed E-state index contributed by atoms with van der Waals surface area (Å²) in [5.41, 5.74) is 0. The molecular formula is C70H135NO18. The molecule has 1 amide bonds. The molecule has 0 saturated carbocycles. The second-order valence-electron chi connectivity index (χ2n) is 26.8. The maximum atomic E-state index is 13.4. The van der Waals surface area contributed by atoms with Crippen LogP contribution in [0.3, 0.4) is 0 Å². The number of carbonyl (C=O) groups is 1. The fourth-order valence-electron chi connectivity index (χ4n) is 13.0. The molecule has 3 rings (SSSR count). The van der Waals surface area contributed by atoms with Gasteiger partial charge in [-0.1, -0.05) is 290 Å². The van der Waals surface area contributed by atoms with Gasteiger partial charge < -0.3 is 89.9 Å². The van der Waals surface area contributed by atoms with Crippen LogP contribution in [0.2, 0.25) is 0 Å². The zero-order valence-corrected chi connectivity index (χ0v) is 55.9. The number of carbonyl (C=O) groups excluding carboxylic acids is 1. The summed E-state index contributed by atoms with van der Waals surface area (Å²) in [5, 5.41) is 120. The average Bonchev–Trinajstić information content (AvgIpc) is 1.13. The first-order valence-corrected chi connectivity index (χ1v) is 36.8. The van der Waals surface area contributed by atoms with Gasteiger partial charge >= 0.3 is 0 Å². The van der Waals surface area contributed by atoms with Crippen molar-refractivity contribution in [3.8, 4) is 0 Å². The van der Waals surface area contributed by atoms with Crippen LogP contribution < -0.4 is 5.32 Å². The lowest BCUT2D eigenvalue weighted by Crippen LogP contribution is -2.66. The molecule has 19 nitrogen and oxygen atoms in total. The van der Waals surface area contributed by atoms with Crippen LogP contribution in [0.5, 0.6) is 0 Å². The molecule has 3 fully saturated rings. The Morgan fingerprint density at radius 2 is 0.640 bits per heavy atom. The van der Waals surface area contributed by atoms with Gasteiger partial charge in [-0.05, 0) is 12.8 Å². The first-order chi connectivity index (χ1) is 43.3. The van der Waals surface area contributed by atoms with Crippen LogP contribution in [0.25, 0.3) is 0 Å². The topological polar surface area (TPSA) is 307 Å². The van der Waals surface area contributed by atoms with Crippen LogP contribution in [0.15, 0.2) is 0 Å². The minimum absolute atomic E-state index is 0.237. The summed E-state index contributed by atoms with van der Waals surface area (Å²) < 4.78 is 34.4. The number of aliphatic hydroxyl groups is 11. The minimum Gasteiger partial charge on any atom is -0.394 e. The summed E-state index contributed by atoms with van der Waals surface area (Å²) in [5.74, 6) is -0.237. The molecule has 3 aliphatic rings. The lowest BCUT2D eigenvalue weighted by molar-refractivity contribution is -0.379. The van der Waals surface area contributed by atoms with Crippen LogP contribution in [-0.4, -0.2) is 193 Å². The number of aliphatic hydroxyl groups excluding tert-OH is 11. The van der Waals surface area contributed by atoms with Crippen LogP contribution in [0.4, 0.5) is 0 Å². The predicted octanol–water partition coefficient (Wildman–Crippen LogP) is 10.3. The van der Waals surface area contributed by atoms with Crippen molar-refractivity contribution in [2.45, 2.75) is 413 Å². The highest BCUT2D eigenvalue weighted by Gasteiger charge is 2.53. The number of nitrogens with one attached hydrogen (secondary N) is 1. The van der Waals surface area contributed by atoms with Gasteiger partial charge in [-0.25, -0.2) is 0 Å². The molecule has 0 bridgehead atoms. The van der Waals surface area contributed by atoms with Crippen molar-refractivity contribution in [3.05, 3.63) is 0 Å². The SMILES string of the molecule is CCCCCCCCCCCCCCCCCCCCCCCCCCCCCCCCCCCCC(=O)NC(COC1OC(CO)C(OC2OC(CO)C(OC3OC(CO)C(O)C(O)C3O)C(O)C2O)C(O)C1O)C(O)CCCCCCCCCCCC. The van der Waals surface area contributed by atoms with E-state index in [9.17, 15) is 61.0 Å². The van der Waals surface area contributed by atoms with Crippen molar-refractivity contribution < 1.29 is 89.4 Å². The van der Waals surface area contributed by atoms with Crippen molar-refractivity contribution in [1.29, 1.82) is 0 Å². The lowest BCUT2D eigenvalue weighted by atomic mass is 9.96. The first-order valence-electron chi connectivity index (χ1n) is 36.8. The Balaban J connectivity index is 1.29. The van der Waals surface area contributed by atoms with Crippen molar-refractivity contribution in [2.75, 3.05) is 26.4 Å². The van der Waals surface area contributed by atoms with Gasteiger partial charge in [0.25, 0.3) is 0 Å². The van der Waals surface area contributed by atoms with E-state index in [0.717, 1.165) is 44.9 Å². The predicted molar refractivity (Wildman–Crippen MR) is 347 cm³/mol. The van der Waals surface area contributed by atoms with E-state index in [0.29, 0.717) is 12.8 Å². The van der Waals surface area contributed by atoms with E-state index in [1.54, 1.807) is 0 Å². The highest BCUT2D eigenvalue weighted by atomic mass is 16.8. The van der Waals surface area contributed by atoms with Crippen molar-refractivity contribution in [2.24, 2.45) is 0 Å². The Morgan fingerprint density at radius 1 is 0.360 bits per heavy atom. The normalized spacial score (nSPS) is 28.1. The third kappa shape index (κ3) is 34.9. The molecule has 528 valence electrons. The molecule has 3 saturated heterocycles. The number of rotatable bonds is 58. The molecular weight excluding hydrogens is 1140 g/mol. The van der Waals surface area contributed by atoms with Crippen LogP contribution >= 0.6 is 0 Å². The summed E-state index contributed by atoms with van der Waals surface area (Å²) in [7, 11) is 0. The quantitative estimate of drug-likeness (QED) is 0.0252. The summed E-state index contributed by atoms with van der Waals surface area (Å²) in [6.07, 6.45) is 31.0. The molecule has 17 atom stereocenters. The Bertz CT molecular complexity index is 1620. The van der Waals surface area contributed by atoms with Crippen LogP contribution in [-0.2, 0) is 33.2 Å². The Kier molecular flexibility index (Phi) is 48.8. The van der Waals surface area contributed by atoms with Gasteiger partial charge in [0.2, 0.25) is 5.91 Å². The smallest absolute Gasteiger partial charge is 0.220 e. The zero-order valence-electron chi connectivity index (χ0n) is 55.9. The van der Waals surface area contributed by atoms with Crippen LogP contribution in [0.1, 0.15) is 309 Å². The maximum absolute atomic E-state index is 13.4. The molecule has 3 aliphatic heterocycles. The second kappa shape index (κ2) is 53.0. The average molecular weight is 1280 g/mol. The Morgan fingerprint density at radius 3 is 0.978 bits per heavy atom. The molecule has 0 aromatic rings. The number of hydrogen-bond acceptors (Lipinski definition) is 18. The number of amides is 1. The van der Waals surface area contributed by atoms with Gasteiger partial charge in [-0.2, -0.15) is 0 Å². The molecule has 0 aromatic heterocycles. The molecule has 0 aromatic carbocycles. The summed E-state index contributed by atoms with van der Waals surface area (Å²) in [6, 6.07) is -0.880. The fourth-order valence-corrected chi connectivity index (χ4v) is 13.0. The van der Waals surface area contributed by atoms with Crippen molar-refractivity contribution in [1.82, 2.24) is 5.32 Å². The van der Waals surface area contributed by atoms with E-state index in [2.05, 4.69) is 19.2 Å². The Hall–Kier alpha value is -1.21. The summed E-state index contributed by atoms with van der Waals surface area (Å²) in [6.45, 7) is 1.81. The second-order valence-corrected chi connectivity index (χ2v) is 26.8. The monoisotopic (exact) mass is 1280 g/mol. The number of hydrogen-bond donors (Lipinski definition) is 12. The van der Waals surface area contributed by atoms with Gasteiger partial charge in [0.05, 0.1) is 38.6 Å². The molecule has 3 heterocycles. The number of unbranched alkanes of at least 4 members (excludes halogenated alkanes) is 42. The van der Waals surface area contributed by atoms with Gasteiger partial charge in [0, 0.05) is 6.42 Å². The molecule has 19 heteroatoms. The van der Waals surface area contributed by atoms with E-state index in [1.165, 1.54) is 231 Å². The van der Waals surface area contributed by atoms with Crippen molar-refractivity contribution >= 4 is 5.91 Å². The van der Waals surface area contributed by atoms with Crippen LogP contribution in [0, 0.1) is 0 Å². The minimum atomic E-state index is -1.97. The van der Waals surface area contributed by atoms with Gasteiger partial charge in [-0.15, -0.1) is 0 Å². The number of ether oxygens (including phenoxy) is 6. The van der Waals surface area contributed by atoms with E-state index in [-0.39, 0.29) is 18.9 Å². The molecule has 0 radical (unpaired) electrons. The third-order valence-electron chi connectivity index (χ3n) is 18.9. The largest absolute Gasteiger partial charge is 0.394 e. The van der Waals surface area contributed by atoms with E-state index >= 15 is 0 Å². The van der Waals surface area contributed by atoms with Gasteiger partial charge in [0.15, 0.2) is 18.9 Å². The zero-order chi connectivity index (χ0) is 64.7. The van der Waals surface area contributed by atoms with Crippen molar-refractivity contribution in [3.63, 3.8) is 0 Å². The first kappa shape index (κ1) is 82.0. The molecule has 0 aliphatic carbocycles. The highest BCUT2D eigenvalue weighted by Crippen LogP contribution is 2.33. The molecule has 17 unspecified atom stereocenters. The molecule has 89 heavy (non-hydrogen) atoms. The standard InChI is InChI=1S/C70H135NO18/c1-3-5-7-9-11-13-15-16-17-18-19-20-21-22-23-24-25-26-27-28-29-30-31-32-33-34-35-36-37-38-40-42-44-46-48-58(76)71-53(54(75)47-45-43-41-39-14-12-10-8-6-4-2)52-84-68-64(82)61(79)66(56(50-73)86-68)89-70-65(83)62(80)67(57(51-74)87-70)88-69-63(81)60(78)59(77)55(49-72)85-69/h53-57,59-70,72-75,77-83H,3-52H2,1-2H3,(H,71,76). The van der Waals surface area contributed by atoms with E-state index in [1.807, 2.05) is 0 Å². The highest BCUT2D eigenvalue weighted by molar-refractivity contribution is 5.76. The third-order valence-corrected chi connectivity index (χ3v) is 18.9. The van der Waals surface area contributed by atoms with Gasteiger partial charge in [0.1, 0.15) is 73.2 Å². The molecule has 0 spiro atoms. The Labute approximate surface area is 538 Å². The fraction of sp³-hybridized carbons (Fsp3) is 0.986. The summed E-state index contributed by atoms with van der Waals surface area (Å²) in [4.78, 5) is 13.4. The van der Waals surface area contributed by atoms with E-state index in [4.69, 9.17) is 28.4 Å². The molecule has 12 N–H and O–H groups in total. The summed E-state index contributed by atoms with van der Waals surface area (Å²) >= 11 is 0. The van der Waals surface area contributed by atoms with E-state index < -0.39 is 124 Å². The lowest BCUT2D eigenvalue weighted by Gasteiger charge is -2.48. The maximum Gasteiger partial charge on any atom is 0.220 e.